The highest BCUT2D eigenvalue weighted by Gasteiger charge is 2.22. The Bertz CT molecular complexity index is 716. The molecule has 26 heavy (non-hydrogen) atoms. The van der Waals surface area contributed by atoms with Crippen molar-refractivity contribution >= 4 is 15.9 Å². The van der Waals surface area contributed by atoms with Gasteiger partial charge >= 0.3 is 0 Å². The average molecular weight is 386 g/mol. The number of carbonyl (C=O) groups excluding carboxylic acids is 1. The second-order valence-corrected chi connectivity index (χ2v) is 7.78. The molecular formula is C17H26N2O6S. The summed E-state index contributed by atoms with van der Waals surface area (Å²) in [6.45, 7) is 3.05. The van der Waals surface area contributed by atoms with Crippen molar-refractivity contribution in [2.24, 2.45) is 0 Å². The van der Waals surface area contributed by atoms with Crippen LogP contribution in [0.3, 0.4) is 0 Å². The zero-order valence-corrected chi connectivity index (χ0v) is 16.2. The molecule has 1 N–H and O–H groups in total. The molecule has 1 heterocycles. The van der Waals surface area contributed by atoms with Crippen LogP contribution < -0.4 is 14.2 Å². The van der Waals surface area contributed by atoms with Gasteiger partial charge in [-0.25, -0.2) is 13.1 Å². The van der Waals surface area contributed by atoms with Crippen molar-refractivity contribution in [1.82, 2.24) is 9.62 Å². The van der Waals surface area contributed by atoms with E-state index in [4.69, 9.17) is 14.2 Å². The summed E-state index contributed by atoms with van der Waals surface area (Å²) < 4.78 is 43.2. The molecule has 1 saturated heterocycles. The molecule has 0 bridgehead atoms. The second-order valence-electron chi connectivity index (χ2n) is 6.01. The van der Waals surface area contributed by atoms with E-state index < -0.39 is 10.0 Å². The lowest BCUT2D eigenvalue weighted by molar-refractivity contribution is -0.130. The van der Waals surface area contributed by atoms with Crippen molar-refractivity contribution in [3.05, 3.63) is 18.2 Å². The van der Waals surface area contributed by atoms with E-state index in [1.807, 2.05) is 0 Å². The van der Waals surface area contributed by atoms with Crippen LogP contribution in [0.15, 0.2) is 23.1 Å². The predicted octanol–water partition coefficient (Wildman–Crippen LogP) is 1.01. The number of amides is 1. The minimum Gasteiger partial charge on any atom is -0.493 e. The molecule has 0 saturated carbocycles. The largest absolute Gasteiger partial charge is 0.493 e. The first-order valence-corrected chi connectivity index (χ1v) is 9.94. The summed E-state index contributed by atoms with van der Waals surface area (Å²) in [5.74, 6) is 0.677. The summed E-state index contributed by atoms with van der Waals surface area (Å²) in [7, 11) is -0.798. The van der Waals surface area contributed by atoms with Crippen LogP contribution in [0.25, 0.3) is 0 Å². The van der Waals surface area contributed by atoms with Gasteiger partial charge in [-0.3, -0.25) is 4.79 Å². The third-order valence-electron chi connectivity index (χ3n) is 4.23. The molecule has 1 aromatic carbocycles. The molecule has 1 unspecified atom stereocenters. The number of sulfonamides is 1. The van der Waals surface area contributed by atoms with Crippen molar-refractivity contribution in [1.29, 1.82) is 0 Å². The molecule has 1 aliphatic heterocycles. The third kappa shape index (κ3) is 5.33. The van der Waals surface area contributed by atoms with E-state index in [-0.39, 0.29) is 30.0 Å². The Hall–Kier alpha value is -1.84. The summed E-state index contributed by atoms with van der Waals surface area (Å²) >= 11 is 0. The van der Waals surface area contributed by atoms with Crippen molar-refractivity contribution in [2.75, 3.05) is 40.5 Å². The summed E-state index contributed by atoms with van der Waals surface area (Å²) in [4.78, 5) is 13.5. The van der Waals surface area contributed by atoms with Gasteiger partial charge in [0.1, 0.15) is 0 Å². The first-order valence-electron chi connectivity index (χ1n) is 8.46. The Morgan fingerprint density at radius 1 is 1.31 bits per heavy atom. The number of hydrogen-bond acceptors (Lipinski definition) is 6. The minimum absolute atomic E-state index is 0.0290. The highest BCUT2D eigenvalue weighted by atomic mass is 32.2. The number of hydrogen-bond donors (Lipinski definition) is 1. The first-order chi connectivity index (χ1) is 12.4. The van der Waals surface area contributed by atoms with E-state index in [9.17, 15) is 13.2 Å². The van der Waals surface area contributed by atoms with E-state index in [0.29, 0.717) is 24.7 Å². The Kier molecular flexibility index (Phi) is 7.24. The summed E-state index contributed by atoms with van der Waals surface area (Å²) in [6.07, 6.45) is 1.94. The van der Waals surface area contributed by atoms with Crippen LogP contribution in [-0.4, -0.2) is 65.8 Å². The molecule has 1 fully saturated rings. The monoisotopic (exact) mass is 386 g/mol. The quantitative estimate of drug-likeness (QED) is 0.681. The van der Waals surface area contributed by atoms with Crippen LogP contribution in [0, 0.1) is 0 Å². The van der Waals surface area contributed by atoms with E-state index in [2.05, 4.69) is 4.72 Å². The van der Waals surface area contributed by atoms with Crippen molar-refractivity contribution in [3.63, 3.8) is 0 Å². The highest BCUT2D eigenvalue weighted by Crippen LogP contribution is 2.29. The molecule has 1 aromatic rings. The molecule has 1 atom stereocenters. The zero-order chi connectivity index (χ0) is 19.2. The second kappa shape index (κ2) is 9.20. The van der Waals surface area contributed by atoms with Crippen LogP contribution in [0.2, 0.25) is 0 Å². The van der Waals surface area contributed by atoms with Gasteiger partial charge in [-0.05, 0) is 25.0 Å². The predicted molar refractivity (Wildman–Crippen MR) is 96.0 cm³/mol. The maximum Gasteiger partial charge on any atom is 0.240 e. The lowest BCUT2D eigenvalue weighted by Crippen LogP contribution is -2.41. The SMILES string of the molecule is COc1ccc(S(=O)(=O)NCCN(CC2CCCO2)C(C)=O)cc1OC. The number of methoxy groups -OCH3 is 2. The van der Waals surface area contributed by atoms with Gasteiger partial charge in [0.25, 0.3) is 0 Å². The van der Waals surface area contributed by atoms with Crippen LogP contribution in [0.5, 0.6) is 11.5 Å². The number of ether oxygens (including phenoxy) is 3. The van der Waals surface area contributed by atoms with Gasteiger partial charge in [-0.2, -0.15) is 0 Å². The number of nitrogens with one attached hydrogen (secondary N) is 1. The van der Waals surface area contributed by atoms with Gasteiger partial charge in [-0.15, -0.1) is 0 Å². The molecular weight excluding hydrogens is 360 g/mol. The fraction of sp³-hybridized carbons (Fsp3) is 0.588. The topological polar surface area (TPSA) is 94.2 Å². The maximum absolute atomic E-state index is 12.5. The Labute approximate surface area is 154 Å². The Balaban J connectivity index is 1.96. The molecule has 0 aliphatic carbocycles. The van der Waals surface area contributed by atoms with Gasteiger partial charge in [0.05, 0.1) is 25.2 Å². The molecule has 0 spiro atoms. The zero-order valence-electron chi connectivity index (χ0n) is 15.4. The lowest BCUT2D eigenvalue weighted by Gasteiger charge is -2.24. The fourth-order valence-electron chi connectivity index (χ4n) is 2.79. The maximum atomic E-state index is 12.5. The molecule has 1 amide bonds. The normalized spacial score (nSPS) is 17.1. The third-order valence-corrected chi connectivity index (χ3v) is 5.69. The summed E-state index contributed by atoms with van der Waals surface area (Å²) in [6, 6.07) is 4.38. The van der Waals surface area contributed by atoms with Crippen molar-refractivity contribution in [3.8, 4) is 11.5 Å². The first kappa shape index (κ1) is 20.5. The van der Waals surface area contributed by atoms with Crippen molar-refractivity contribution < 1.29 is 27.4 Å². The van der Waals surface area contributed by atoms with Gasteiger partial charge < -0.3 is 19.1 Å². The van der Waals surface area contributed by atoms with Gasteiger partial charge in [0.15, 0.2) is 11.5 Å². The van der Waals surface area contributed by atoms with Crippen LogP contribution >= 0.6 is 0 Å². The van der Waals surface area contributed by atoms with E-state index in [1.54, 1.807) is 4.90 Å². The summed E-state index contributed by atoms with van der Waals surface area (Å²) in [5.41, 5.74) is 0. The van der Waals surface area contributed by atoms with Gasteiger partial charge in [0, 0.05) is 39.2 Å². The lowest BCUT2D eigenvalue weighted by atomic mass is 10.2. The van der Waals surface area contributed by atoms with E-state index in [1.165, 1.54) is 39.3 Å². The van der Waals surface area contributed by atoms with Crippen LogP contribution in [0.1, 0.15) is 19.8 Å². The number of nitrogens with zero attached hydrogens (tertiary/aromatic N) is 1. The van der Waals surface area contributed by atoms with Gasteiger partial charge in [0.2, 0.25) is 15.9 Å². The minimum atomic E-state index is -3.72. The van der Waals surface area contributed by atoms with Gasteiger partial charge in [-0.1, -0.05) is 0 Å². The molecule has 0 aromatic heterocycles. The Morgan fingerprint density at radius 3 is 2.62 bits per heavy atom. The summed E-state index contributed by atoms with van der Waals surface area (Å²) in [5, 5.41) is 0. The van der Waals surface area contributed by atoms with Crippen LogP contribution in [-0.2, 0) is 19.6 Å². The molecule has 146 valence electrons. The molecule has 9 heteroatoms. The standard InChI is InChI=1S/C17H26N2O6S/c1-13(20)19(12-14-5-4-10-25-14)9-8-18-26(21,22)15-6-7-16(23-2)17(11-15)24-3/h6-7,11,14,18H,4-5,8-10,12H2,1-3H3. The molecule has 1 aliphatic rings. The number of carbonyl (C=O) groups is 1. The van der Waals surface area contributed by atoms with E-state index in [0.717, 1.165) is 12.8 Å². The molecule has 0 radical (unpaired) electrons. The number of rotatable bonds is 9. The Morgan fingerprint density at radius 2 is 2.04 bits per heavy atom. The molecule has 8 nitrogen and oxygen atoms in total. The van der Waals surface area contributed by atoms with Crippen LogP contribution in [0.4, 0.5) is 0 Å². The number of benzene rings is 1. The molecule has 2 rings (SSSR count). The highest BCUT2D eigenvalue weighted by molar-refractivity contribution is 7.89. The fourth-order valence-corrected chi connectivity index (χ4v) is 3.83. The van der Waals surface area contributed by atoms with Crippen molar-refractivity contribution in [2.45, 2.75) is 30.8 Å². The smallest absolute Gasteiger partial charge is 0.240 e. The van der Waals surface area contributed by atoms with E-state index >= 15 is 0 Å². The average Bonchev–Trinajstić information content (AvgIpc) is 3.13.